The highest BCUT2D eigenvalue weighted by Crippen LogP contribution is 2.32. The number of nitro groups is 1. The summed E-state index contributed by atoms with van der Waals surface area (Å²) < 4.78 is 5.26. The van der Waals surface area contributed by atoms with Crippen LogP contribution in [-0.2, 0) is 0 Å². The molecule has 0 amide bonds. The summed E-state index contributed by atoms with van der Waals surface area (Å²) in [5.41, 5.74) is 0.902. The molecule has 1 aromatic rings. The Balaban J connectivity index is 2.10. The fourth-order valence-electron chi connectivity index (χ4n) is 2.76. The summed E-state index contributed by atoms with van der Waals surface area (Å²) in [6.45, 7) is 2.30. The Bertz CT molecular complexity index is 476. The van der Waals surface area contributed by atoms with Gasteiger partial charge in [-0.1, -0.05) is 19.8 Å². The number of nitrogens with one attached hydrogen (secondary N) is 1. The lowest BCUT2D eigenvalue weighted by Gasteiger charge is -2.19. The number of non-ortho nitro benzene ring substituents is 1. The van der Waals surface area contributed by atoms with Crippen LogP contribution in [0.3, 0.4) is 0 Å². The molecule has 1 saturated carbocycles. The van der Waals surface area contributed by atoms with Crippen LogP contribution in [-0.4, -0.2) is 18.1 Å². The van der Waals surface area contributed by atoms with E-state index in [9.17, 15) is 10.1 Å². The summed E-state index contributed by atoms with van der Waals surface area (Å²) in [7, 11) is 1.54. The zero-order valence-electron chi connectivity index (χ0n) is 12.1. The molecule has 0 bridgehead atoms. The molecule has 0 aliphatic heterocycles. The number of nitro benzene ring substituents is 1. The monoisotopic (exact) mass is 278 g/mol. The number of hydrogen-bond donors (Lipinski definition) is 1. The second-order valence-corrected chi connectivity index (χ2v) is 5.60. The summed E-state index contributed by atoms with van der Waals surface area (Å²) in [5, 5.41) is 14.3. The lowest BCUT2D eigenvalue weighted by molar-refractivity contribution is -0.384. The van der Waals surface area contributed by atoms with E-state index in [4.69, 9.17) is 4.74 Å². The maximum atomic E-state index is 10.8. The van der Waals surface area contributed by atoms with Crippen LogP contribution in [0.25, 0.3) is 0 Å². The first-order valence-electron chi connectivity index (χ1n) is 7.19. The van der Waals surface area contributed by atoms with Gasteiger partial charge < -0.3 is 10.1 Å². The van der Waals surface area contributed by atoms with Crippen molar-refractivity contribution >= 4 is 11.4 Å². The molecule has 2 atom stereocenters. The predicted molar refractivity (Wildman–Crippen MR) is 79.3 cm³/mol. The van der Waals surface area contributed by atoms with E-state index in [1.165, 1.54) is 31.4 Å². The molecular formula is C15H22N2O3. The molecule has 1 fully saturated rings. The van der Waals surface area contributed by atoms with Gasteiger partial charge in [-0.15, -0.1) is 0 Å². The molecule has 20 heavy (non-hydrogen) atoms. The van der Waals surface area contributed by atoms with Crippen molar-refractivity contribution in [3.05, 3.63) is 28.3 Å². The standard InChI is InChI=1S/C15H22N2O3/c1-11-4-3-5-12(7-6-11)16-14-9-8-13(17(18)19)10-15(14)20-2/h8-12,16H,3-7H2,1-2H3. The summed E-state index contributed by atoms with van der Waals surface area (Å²) in [6, 6.07) is 5.16. The van der Waals surface area contributed by atoms with Gasteiger partial charge in [0.1, 0.15) is 5.75 Å². The highest BCUT2D eigenvalue weighted by atomic mass is 16.6. The van der Waals surface area contributed by atoms with E-state index in [1.54, 1.807) is 13.2 Å². The van der Waals surface area contributed by atoms with Crippen LogP contribution in [0.4, 0.5) is 11.4 Å². The van der Waals surface area contributed by atoms with Crippen LogP contribution in [0.15, 0.2) is 18.2 Å². The first-order valence-corrected chi connectivity index (χ1v) is 7.19. The topological polar surface area (TPSA) is 64.4 Å². The molecule has 0 spiro atoms. The Morgan fingerprint density at radius 3 is 2.80 bits per heavy atom. The van der Waals surface area contributed by atoms with Gasteiger partial charge in [0.05, 0.1) is 23.8 Å². The Morgan fingerprint density at radius 2 is 2.10 bits per heavy atom. The molecule has 1 aliphatic carbocycles. The van der Waals surface area contributed by atoms with Crippen LogP contribution in [0.2, 0.25) is 0 Å². The van der Waals surface area contributed by atoms with Crippen molar-refractivity contribution in [2.24, 2.45) is 5.92 Å². The smallest absolute Gasteiger partial charge is 0.273 e. The van der Waals surface area contributed by atoms with Crippen molar-refractivity contribution in [2.75, 3.05) is 12.4 Å². The average Bonchev–Trinajstić information content (AvgIpc) is 2.64. The van der Waals surface area contributed by atoms with Crippen LogP contribution in [0.1, 0.15) is 39.0 Å². The minimum atomic E-state index is -0.403. The van der Waals surface area contributed by atoms with Gasteiger partial charge in [-0.2, -0.15) is 0 Å². The van der Waals surface area contributed by atoms with Gasteiger partial charge in [0.15, 0.2) is 0 Å². The molecule has 2 unspecified atom stereocenters. The van der Waals surface area contributed by atoms with E-state index in [0.29, 0.717) is 11.8 Å². The highest BCUT2D eigenvalue weighted by Gasteiger charge is 2.18. The lowest BCUT2D eigenvalue weighted by Crippen LogP contribution is -2.18. The quantitative estimate of drug-likeness (QED) is 0.514. The fraction of sp³-hybridized carbons (Fsp3) is 0.600. The van der Waals surface area contributed by atoms with Crippen LogP contribution in [0.5, 0.6) is 5.75 Å². The lowest BCUT2D eigenvalue weighted by atomic mass is 10.0. The molecule has 5 heteroatoms. The number of nitrogens with zero attached hydrogens (tertiary/aromatic N) is 1. The molecule has 0 saturated heterocycles. The molecule has 110 valence electrons. The molecule has 0 radical (unpaired) electrons. The minimum absolute atomic E-state index is 0.0573. The van der Waals surface area contributed by atoms with Crippen molar-refractivity contribution in [3.63, 3.8) is 0 Å². The fourth-order valence-corrected chi connectivity index (χ4v) is 2.76. The number of anilines is 1. The Hall–Kier alpha value is -1.78. The van der Waals surface area contributed by atoms with Gasteiger partial charge in [-0.05, 0) is 31.2 Å². The summed E-state index contributed by atoms with van der Waals surface area (Å²) in [5.74, 6) is 1.33. The van der Waals surface area contributed by atoms with Crippen LogP contribution < -0.4 is 10.1 Å². The SMILES string of the molecule is COc1cc([N+](=O)[O-])ccc1NC1CCCC(C)CC1. The maximum Gasteiger partial charge on any atom is 0.273 e. The first kappa shape index (κ1) is 14.6. The van der Waals surface area contributed by atoms with Crippen molar-refractivity contribution in [2.45, 2.75) is 45.1 Å². The summed E-state index contributed by atoms with van der Waals surface area (Å²) in [4.78, 5) is 10.4. The number of ether oxygens (including phenoxy) is 1. The third-order valence-electron chi connectivity index (χ3n) is 4.01. The number of benzene rings is 1. The highest BCUT2D eigenvalue weighted by molar-refractivity contribution is 5.61. The van der Waals surface area contributed by atoms with Gasteiger partial charge in [0, 0.05) is 12.1 Å². The van der Waals surface area contributed by atoms with Gasteiger partial charge in [-0.25, -0.2) is 0 Å². The van der Waals surface area contributed by atoms with E-state index >= 15 is 0 Å². The van der Waals surface area contributed by atoms with Crippen molar-refractivity contribution in [1.82, 2.24) is 0 Å². The molecule has 5 nitrogen and oxygen atoms in total. The predicted octanol–water partition coefficient (Wildman–Crippen LogP) is 3.98. The normalized spacial score (nSPS) is 22.9. The van der Waals surface area contributed by atoms with E-state index in [1.807, 2.05) is 0 Å². The molecule has 1 aromatic carbocycles. The zero-order valence-corrected chi connectivity index (χ0v) is 12.1. The van der Waals surface area contributed by atoms with Gasteiger partial charge in [0.25, 0.3) is 5.69 Å². The van der Waals surface area contributed by atoms with E-state index in [-0.39, 0.29) is 5.69 Å². The zero-order chi connectivity index (χ0) is 14.5. The second-order valence-electron chi connectivity index (χ2n) is 5.60. The first-order chi connectivity index (χ1) is 9.60. The van der Waals surface area contributed by atoms with E-state index < -0.39 is 4.92 Å². The van der Waals surface area contributed by atoms with Gasteiger partial charge in [-0.3, -0.25) is 10.1 Å². The minimum Gasteiger partial charge on any atom is -0.494 e. The van der Waals surface area contributed by atoms with Crippen molar-refractivity contribution in [3.8, 4) is 5.75 Å². The van der Waals surface area contributed by atoms with Gasteiger partial charge in [0.2, 0.25) is 0 Å². The van der Waals surface area contributed by atoms with Crippen molar-refractivity contribution in [1.29, 1.82) is 0 Å². The molecule has 1 N–H and O–H groups in total. The van der Waals surface area contributed by atoms with Crippen LogP contribution >= 0.6 is 0 Å². The maximum absolute atomic E-state index is 10.8. The largest absolute Gasteiger partial charge is 0.494 e. The number of hydrogen-bond acceptors (Lipinski definition) is 4. The molecule has 1 aliphatic rings. The molecule has 2 rings (SSSR count). The van der Waals surface area contributed by atoms with Gasteiger partial charge >= 0.3 is 0 Å². The summed E-state index contributed by atoms with van der Waals surface area (Å²) in [6.07, 6.45) is 6.03. The van der Waals surface area contributed by atoms with E-state index in [2.05, 4.69) is 12.2 Å². The Labute approximate surface area is 119 Å². The van der Waals surface area contributed by atoms with Crippen LogP contribution in [0, 0.1) is 16.0 Å². The molecule has 0 aromatic heterocycles. The third-order valence-corrected chi connectivity index (χ3v) is 4.01. The van der Waals surface area contributed by atoms with Crippen molar-refractivity contribution < 1.29 is 9.66 Å². The summed E-state index contributed by atoms with van der Waals surface area (Å²) >= 11 is 0. The number of rotatable bonds is 4. The molecular weight excluding hydrogens is 256 g/mol. The average molecular weight is 278 g/mol. The molecule has 0 heterocycles. The number of methoxy groups -OCH3 is 1. The second kappa shape index (κ2) is 6.59. The van der Waals surface area contributed by atoms with E-state index in [0.717, 1.165) is 24.4 Å². The Morgan fingerprint density at radius 1 is 1.30 bits per heavy atom. The Kier molecular flexibility index (Phi) is 4.82. The third kappa shape index (κ3) is 3.62.